The van der Waals surface area contributed by atoms with E-state index < -0.39 is 24.2 Å². The van der Waals surface area contributed by atoms with Gasteiger partial charge in [-0.3, -0.25) is 0 Å². The Morgan fingerprint density at radius 1 is 1.42 bits per heavy atom. The van der Waals surface area contributed by atoms with E-state index in [9.17, 15) is 9.59 Å². The quantitative estimate of drug-likeness (QED) is 0.462. The number of carboxylic acid groups (broad SMARTS) is 2. The van der Waals surface area contributed by atoms with Gasteiger partial charge in [0.15, 0.2) is 0 Å². The lowest BCUT2D eigenvalue weighted by molar-refractivity contribution is -0.140. The maximum atomic E-state index is 10.3. The van der Waals surface area contributed by atoms with Crippen molar-refractivity contribution >= 4 is 12.1 Å². The van der Waals surface area contributed by atoms with Gasteiger partial charge >= 0.3 is 12.1 Å². The fourth-order valence-corrected chi connectivity index (χ4v) is 0.712. The van der Waals surface area contributed by atoms with Crippen LogP contribution in [0, 0.1) is 0 Å². The third kappa shape index (κ3) is 4.51. The van der Waals surface area contributed by atoms with E-state index in [4.69, 9.17) is 15.3 Å². The molecule has 0 radical (unpaired) electrons. The first-order valence-electron chi connectivity index (χ1n) is 3.33. The highest BCUT2D eigenvalue weighted by atomic mass is 16.4. The third-order valence-electron chi connectivity index (χ3n) is 1.17. The molecule has 6 heteroatoms. The second-order valence-corrected chi connectivity index (χ2v) is 2.43. The summed E-state index contributed by atoms with van der Waals surface area (Å²) >= 11 is 0. The highest BCUT2D eigenvalue weighted by molar-refractivity contribution is 5.79. The molecule has 4 N–H and O–H groups in total. The Bertz CT molecular complexity index is 179. The van der Waals surface area contributed by atoms with Crippen molar-refractivity contribution in [1.82, 2.24) is 5.32 Å². The first-order valence-corrected chi connectivity index (χ1v) is 3.33. The summed E-state index contributed by atoms with van der Waals surface area (Å²) in [5, 5.41) is 27.2. The molecule has 0 bridgehead atoms. The average molecular weight is 177 g/mol. The number of hydrogen-bond donors (Lipinski definition) is 4. The van der Waals surface area contributed by atoms with Crippen LogP contribution in [0.4, 0.5) is 4.79 Å². The third-order valence-corrected chi connectivity index (χ3v) is 1.17. The van der Waals surface area contributed by atoms with E-state index in [1.54, 1.807) is 5.32 Å². The molecular formula is C6H11NO5. The molecule has 0 aliphatic heterocycles. The summed E-state index contributed by atoms with van der Waals surface area (Å²) in [6.07, 6.45) is -2.40. The fraction of sp³-hybridized carbons (Fsp3) is 0.667. The molecular weight excluding hydrogens is 166 g/mol. The molecule has 12 heavy (non-hydrogen) atoms. The molecule has 0 saturated carbocycles. The van der Waals surface area contributed by atoms with E-state index in [0.29, 0.717) is 0 Å². The summed E-state index contributed by atoms with van der Waals surface area (Å²) in [5.41, 5.74) is 0. The Morgan fingerprint density at radius 3 is 2.17 bits per heavy atom. The summed E-state index contributed by atoms with van der Waals surface area (Å²) in [5.74, 6) is -1.29. The Morgan fingerprint density at radius 2 is 1.92 bits per heavy atom. The summed E-state index contributed by atoms with van der Waals surface area (Å²) in [4.78, 5) is 20.4. The van der Waals surface area contributed by atoms with Crippen molar-refractivity contribution in [2.24, 2.45) is 0 Å². The van der Waals surface area contributed by atoms with Crippen LogP contribution < -0.4 is 5.32 Å². The number of aliphatic hydroxyl groups is 1. The monoisotopic (exact) mass is 177 g/mol. The number of nitrogens with one attached hydrogen (secondary N) is 1. The van der Waals surface area contributed by atoms with Gasteiger partial charge in [0, 0.05) is 6.42 Å². The predicted octanol–water partition coefficient (Wildman–Crippen LogP) is -0.522. The molecule has 0 aliphatic carbocycles. The van der Waals surface area contributed by atoms with Crippen molar-refractivity contribution < 1.29 is 24.9 Å². The molecule has 0 aromatic rings. The van der Waals surface area contributed by atoms with E-state index >= 15 is 0 Å². The van der Waals surface area contributed by atoms with Gasteiger partial charge in [-0.1, -0.05) is 0 Å². The first-order chi connectivity index (χ1) is 5.43. The van der Waals surface area contributed by atoms with Gasteiger partial charge in [0.25, 0.3) is 0 Å². The van der Waals surface area contributed by atoms with Gasteiger partial charge in [0.05, 0.1) is 6.10 Å². The molecule has 0 aromatic heterocycles. The van der Waals surface area contributed by atoms with E-state index in [0.717, 1.165) is 0 Å². The van der Waals surface area contributed by atoms with Gasteiger partial charge in [0.1, 0.15) is 6.04 Å². The molecule has 2 atom stereocenters. The second-order valence-electron chi connectivity index (χ2n) is 2.43. The lowest BCUT2D eigenvalue weighted by Gasteiger charge is -2.13. The molecule has 0 aromatic carbocycles. The van der Waals surface area contributed by atoms with Gasteiger partial charge in [-0.2, -0.15) is 0 Å². The number of amides is 1. The van der Waals surface area contributed by atoms with Crippen molar-refractivity contribution in [3.05, 3.63) is 0 Å². The van der Waals surface area contributed by atoms with Crippen LogP contribution in [-0.4, -0.2) is 39.5 Å². The smallest absolute Gasteiger partial charge is 0.405 e. The Balaban J connectivity index is 4.04. The molecule has 0 spiro atoms. The lowest BCUT2D eigenvalue weighted by atomic mass is 10.1. The van der Waals surface area contributed by atoms with E-state index in [1.165, 1.54) is 6.92 Å². The average Bonchev–Trinajstić information content (AvgIpc) is 1.83. The normalized spacial score (nSPS) is 14.8. The maximum Gasteiger partial charge on any atom is 0.405 e. The van der Waals surface area contributed by atoms with Crippen LogP contribution in [0.2, 0.25) is 0 Å². The lowest BCUT2D eigenvalue weighted by Crippen LogP contribution is -2.41. The minimum absolute atomic E-state index is 0.137. The van der Waals surface area contributed by atoms with Crippen LogP contribution >= 0.6 is 0 Å². The zero-order valence-corrected chi connectivity index (χ0v) is 6.52. The van der Waals surface area contributed by atoms with Crippen LogP contribution in [0.5, 0.6) is 0 Å². The standard InChI is InChI=1S/C6H11NO5/c1-3(8)2-4(5(9)10)7-6(11)12/h3-4,7-8H,2H2,1H3,(H,9,10)(H,11,12)/t3?,4-/m0/s1. The number of carboxylic acids is 1. The van der Waals surface area contributed by atoms with Gasteiger partial charge in [-0.25, -0.2) is 9.59 Å². The van der Waals surface area contributed by atoms with Crippen LogP contribution in [0.25, 0.3) is 0 Å². The molecule has 0 heterocycles. The number of aliphatic hydroxyl groups excluding tert-OH is 1. The van der Waals surface area contributed by atoms with E-state index in [-0.39, 0.29) is 6.42 Å². The minimum atomic E-state index is -1.41. The summed E-state index contributed by atoms with van der Waals surface area (Å²) in [6, 6.07) is -1.25. The summed E-state index contributed by atoms with van der Waals surface area (Å²) in [7, 11) is 0. The summed E-state index contributed by atoms with van der Waals surface area (Å²) < 4.78 is 0. The Kier molecular flexibility index (Phi) is 4.06. The van der Waals surface area contributed by atoms with Gasteiger partial charge in [-0.15, -0.1) is 0 Å². The van der Waals surface area contributed by atoms with E-state index in [2.05, 4.69) is 0 Å². The van der Waals surface area contributed by atoms with Crippen molar-refractivity contribution in [1.29, 1.82) is 0 Å². The van der Waals surface area contributed by atoms with Gasteiger partial charge in [0.2, 0.25) is 0 Å². The molecule has 6 nitrogen and oxygen atoms in total. The Labute approximate surface area is 68.8 Å². The van der Waals surface area contributed by atoms with E-state index in [1.807, 2.05) is 0 Å². The topological polar surface area (TPSA) is 107 Å². The Hall–Kier alpha value is -1.30. The van der Waals surface area contributed by atoms with Gasteiger partial charge in [-0.05, 0) is 6.92 Å². The SMILES string of the molecule is CC(O)C[C@H](NC(=O)O)C(=O)O. The molecule has 1 amide bonds. The van der Waals surface area contributed by atoms with Crippen molar-refractivity contribution in [3.63, 3.8) is 0 Å². The highest BCUT2D eigenvalue weighted by Crippen LogP contribution is 1.97. The van der Waals surface area contributed by atoms with Crippen molar-refractivity contribution in [2.45, 2.75) is 25.5 Å². The first kappa shape index (κ1) is 10.7. The highest BCUT2D eigenvalue weighted by Gasteiger charge is 2.20. The minimum Gasteiger partial charge on any atom is -0.480 e. The van der Waals surface area contributed by atoms with Crippen LogP contribution in [-0.2, 0) is 4.79 Å². The zero-order valence-electron chi connectivity index (χ0n) is 6.52. The largest absolute Gasteiger partial charge is 0.480 e. The molecule has 0 rings (SSSR count). The maximum absolute atomic E-state index is 10.3. The number of hydrogen-bond acceptors (Lipinski definition) is 3. The van der Waals surface area contributed by atoms with Gasteiger partial charge < -0.3 is 20.6 Å². The molecule has 0 aliphatic rings. The zero-order chi connectivity index (χ0) is 9.72. The summed E-state index contributed by atoms with van der Waals surface area (Å²) in [6.45, 7) is 1.39. The molecule has 70 valence electrons. The number of aliphatic carboxylic acids is 1. The second kappa shape index (κ2) is 4.55. The molecule has 0 fully saturated rings. The van der Waals surface area contributed by atoms with Crippen molar-refractivity contribution in [3.8, 4) is 0 Å². The van der Waals surface area contributed by atoms with Crippen LogP contribution in [0.3, 0.4) is 0 Å². The number of carbonyl (C=O) groups is 2. The number of rotatable bonds is 4. The predicted molar refractivity (Wildman–Crippen MR) is 38.9 cm³/mol. The van der Waals surface area contributed by atoms with Crippen LogP contribution in [0.15, 0.2) is 0 Å². The van der Waals surface area contributed by atoms with Crippen LogP contribution in [0.1, 0.15) is 13.3 Å². The fourth-order valence-electron chi connectivity index (χ4n) is 0.712. The molecule has 0 saturated heterocycles. The van der Waals surface area contributed by atoms with Crippen molar-refractivity contribution in [2.75, 3.05) is 0 Å². The molecule has 1 unspecified atom stereocenters.